The quantitative estimate of drug-likeness (QED) is 0.723. The molecule has 1 aromatic carbocycles. The number of aliphatic carboxylic acids is 1. The monoisotopic (exact) mass is 365 g/mol. The van der Waals surface area contributed by atoms with E-state index in [4.69, 9.17) is 9.52 Å². The van der Waals surface area contributed by atoms with Crippen LogP contribution in [0.2, 0.25) is 0 Å². The lowest BCUT2D eigenvalue weighted by atomic mass is 10.0. The number of carboxylic acids is 1. The zero-order valence-corrected chi connectivity index (χ0v) is 15.2. The summed E-state index contributed by atoms with van der Waals surface area (Å²) in [6.07, 6.45) is 3.33. The number of benzene rings is 1. The first-order chi connectivity index (χ1) is 13.2. The van der Waals surface area contributed by atoms with Crippen molar-refractivity contribution in [3.8, 4) is 11.3 Å². The van der Waals surface area contributed by atoms with E-state index in [9.17, 15) is 4.79 Å². The zero-order valence-electron chi connectivity index (χ0n) is 15.2. The van der Waals surface area contributed by atoms with Gasteiger partial charge >= 0.3 is 5.97 Å². The largest absolute Gasteiger partial charge is 0.481 e. The topological polar surface area (TPSA) is 71.5 Å². The molecule has 0 amide bonds. The van der Waals surface area contributed by atoms with Crippen molar-refractivity contribution < 1.29 is 14.3 Å². The lowest BCUT2D eigenvalue weighted by Crippen LogP contribution is -2.23. The fourth-order valence-electron chi connectivity index (χ4n) is 3.65. The molecule has 1 N–H and O–H groups in total. The van der Waals surface area contributed by atoms with Crippen LogP contribution >= 0.6 is 0 Å². The highest BCUT2D eigenvalue weighted by atomic mass is 16.4. The van der Waals surface area contributed by atoms with Crippen molar-refractivity contribution in [2.75, 3.05) is 6.54 Å². The Labute approximate surface area is 158 Å². The molecule has 0 unspecified atom stereocenters. The molecule has 1 aliphatic heterocycles. The van der Waals surface area contributed by atoms with Crippen LogP contribution in [0, 0.1) is 0 Å². The first-order valence-corrected chi connectivity index (χ1v) is 9.30. The fourth-order valence-corrected chi connectivity index (χ4v) is 3.65. The Bertz CT molecular complexity index is 915. The van der Waals surface area contributed by atoms with E-state index >= 15 is 0 Å². The summed E-state index contributed by atoms with van der Waals surface area (Å²) in [6.45, 7) is 3.53. The van der Waals surface area contributed by atoms with Crippen LogP contribution in [-0.2, 0) is 30.8 Å². The van der Waals surface area contributed by atoms with Crippen LogP contribution in [0.5, 0.6) is 0 Å². The van der Waals surface area contributed by atoms with Gasteiger partial charge in [-0.2, -0.15) is 5.10 Å². The van der Waals surface area contributed by atoms with Gasteiger partial charge in [-0.05, 0) is 30.2 Å². The number of nitrogens with zero attached hydrogens (tertiary/aromatic N) is 3. The van der Waals surface area contributed by atoms with Crippen molar-refractivity contribution in [1.82, 2.24) is 14.7 Å². The predicted molar refractivity (Wildman–Crippen MR) is 101 cm³/mol. The molecule has 0 aliphatic carbocycles. The summed E-state index contributed by atoms with van der Waals surface area (Å²) in [4.78, 5) is 13.2. The smallest absolute Gasteiger partial charge is 0.303 e. The predicted octanol–water partition coefficient (Wildman–Crippen LogP) is 3.57. The number of carboxylic acid groups (broad SMARTS) is 1. The average molecular weight is 365 g/mol. The second-order valence-electron chi connectivity index (χ2n) is 6.94. The highest BCUT2D eigenvalue weighted by molar-refractivity contribution is 5.67. The summed E-state index contributed by atoms with van der Waals surface area (Å²) in [7, 11) is 0. The Kier molecular flexibility index (Phi) is 5.07. The number of aromatic nitrogens is 2. The van der Waals surface area contributed by atoms with Crippen molar-refractivity contribution in [1.29, 1.82) is 0 Å². The summed E-state index contributed by atoms with van der Waals surface area (Å²) in [5, 5.41) is 13.5. The second-order valence-corrected chi connectivity index (χ2v) is 6.94. The van der Waals surface area contributed by atoms with Crippen LogP contribution in [0.25, 0.3) is 11.3 Å². The van der Waals surface area contributed by atoms with Gasteiger partial charge in [0, 0.05) is 38.2 Å². The number of carbonyl (C=O) groups is 1. The molecule has 0 bridgehead atoms. The number of aryl methyl sites for hydroxylation is 2. The maximum absolute atomic E-state index is 10.8. The third kappa shape index (κ3) is 4.11. The molecule has 6 nitrogen and oxygen atoms in total. The van der Waals surface area contributed by atoms with Gasteiger partial charge in [0.05, 0.1) is 24.1 Å². The molecule has 2 aromatic heterocycles. The second kappa shape index (κ2) is 7.80. The van der Waals surface area contributed by atoms with Crippen LogP contribution in [0.4, 0.5) is 0 Å². The fraction of sp³-hybridized carbons (Fsp3) is 0.333. The molecule has 0 saturated carbocycles. The van der Waals surface area contributed by atoms with E-state index in [1.807, 2.05) is 22.9 Å². The van der Waals surface area contributed by atoms with Crippen LogP contribution < -0.4 is 0 Å². The number of hydrogen-bond acceptors (Lipinski definition) is 4. The minimum Gasteiger partial charge on any atom is -0.481 e. The molecular formula is C21H23N3O3. The third-order valence-corrected chi connectivity index (χ3v) is 4.94. The number of rotatable bonds is 6. The molecular weight excluding hydrogens is 342 g/mol. The first-order valence-electron chi connectivity index (χ1n) is 9.30. The van der Waals surface area contributed by atoms with Crippen LogP contribution in [0.1, 0.15) is 29.8 Å². The molecule has 4 rings (SSSR count). The highest BCUT2D eigenvalue weighted by Crippen LogP contribution is 2.26. The molecule has 3 heterocycles. The Hall–Kier alpha value is -2.86. The van der Waals surface area contributed by atoms with Gasteiger partial charge < -0.3 is 9.52 Å². The van der Waals surface area contributed by atoms with E-state index in [2.05, 4.69) is 34.3 Å². The maximum Gasteiger partial charge on any atom is 0.303 e. The minimum absolute atomic E-state index is 0.122. The van der Waals surface area contributed by atoms with Crippen molar-refractivity contribution in [2.45, 2.75) is 38.9 Å². The van der Waals surface area contributed by atoms with Gasteiger partial charge in [-0.15, -0.1) is 0 Å². The highest BCUT2D eigenvalue weighted by Gasteiger charge is 2.18. The van der Waals surface area contributed by atoms with Gasteiger partial charge in [0.25, 0.3) is 0 Å². The van der Waals surface area contributed by atoms with Crippen LogP contribution in [0.15, 0.2) is 53.1 Å². The zero-order chi connectivity index (χ0) is 18.6. The first kappa shape index (κ1) is 17.5. The van der Waals surface area contributed by atoms with E-state index in [0.29, 0.717) is 6.42 Å². The molecule has 0 spiro atoms. The Morgan fingerprint density at radius 1 is 1.19 bits per heavy atom. The molecule has 3 aromatic rings. The summed E-state index contributed by atoms with van der Waals surface area (Å²) >= 11 is 0. The number of fused-ring (bicyclic) bond motifs is 1. The van der Waals surface area contributed by atoms with Gasteiger partial charge in [0.15, 0.2) is 0 Å². The summed E-state index contributed by atoms with van der Waals surface area (Å²) in [5.74, 6) is 0.107. The van der Waals surface area contributed by atoms with Crippen molar-refractivity contribution in [2.24, 2.45) is 0 Å². The van der Waals surface area contributed by atoms with Crippen LogP contribution in [-0.4, -0.2) is 32.3 Å². The normalized spacial score (nSPS) is 14.7. The minimum atomic E-state index is -0.783. The summed E-state index contributed by atoms with van der Waals surface area (Å²) in [6, 6.07) is 14.3. The molecule has 0 saturated heterocycles. The van der Waals surface area contributed by atoms with Crippen molar-refractivity contribution in [3.05, 3.63) is 65.7 Å². The van der Waals surface area contributed by atoms with Gasteiger partial charge in [-0.1, -0.05) is 24.3 Å². The average Bonchev–Trinajstić information content (AvgIpc) is 3.28. The lowest BCUT2D eigenvalue weighted by Gasteiger charge is -2.21. The van der Waals surface area contributed by atoms with Gasteiger partial charge in [-0.3, -0.25) is 14.4 Å². The number of furan rings is 1. The summed E-state index contributed by atoms with van der Waals surface area (Å²) < 4.78 is 7.64. The molecule has 6 heteroatoms. The van der Waals surface area contributed by atoms with Crippen molar-refractivity contribution >= 4 is 5.97 Å². The number of hydrogen-bond donors (Lipinski definition) is 1. The Morgan fingerprint density at radius 3 is 2.89 bits per heavy atom. The van der Waals surface area contributed by atoms with Crippen LogP contribution in [0.3, 0.4) is 0 Å². The van der Waals surface area contributed by atoms with E-state index in [-0.39, 0.29) is 6.42 Å². The van der Waals surface area contributed by atoms with E-state index in [0.717, 1.165) is 55.3 Å². The molecule has 0 radical (unpaired) electrons. The SMILES string of the molecule is O=C(O)CCc1cc2n(n1)CCCN(Cc1ccccc1-c1ccco1)C2. The Morgan fingerprint density at radius 2 is 2.07 bits per heavy atom. The van der Waals surface area contributed by atoms with E-state index < -0.39 is 5.97 Å². The molecule has 0 fully saturated rings. The van der Waals surface area contributed by atoms with Gasteiger partial charge in [0.2, 0.25) is 0 Å². The Balaban J connectivity index is 1.51. The maximum atomic E-state index is 10.8. The molecule has 1 aliphatic rings. The van der Waals surface area contributed by atoms with Gasteiger partial charge in [0.1, 0.15) is 5.76 Å². The summed E-state index contributed by atoms with van der Waals surface area (Å²) in [5.41, 5.74) is 4.39. The molecule has 0 atom stereocenters. The molecule has 27 heavy (non-hydrogen) atoms. The molecule has 140 valence electrons. The van der Waals surface area contributed by atoms with Crippen molar-refractivity contribution in [3.63, 3.8) is 0 Å². The third-order valence-electron chi connectivity index (χ3n) is 4.94. The lowest BCUT2D eigenvalue weighted by molar-refractivity contribution is -0.136. The standard InChI is InChI=1S/C21H23N3O3/c25-21(26)9-8-17-13-18-15-23(10-4-11-24(18)22-17)14-16-5-1-2-6-19(16)20-7-3-12-27-20/h1-3,5-7,12-13H,4,8-11,14-15H2,(H,25,26). The van der Waals surface area contributed by atoms with Gasteiger partial charge in [-0.25, -0.2) is 0 Å². The van der Waals surface area contributed by atoms with E-state index in [1.165, 1.54) is 5.56 Å². The van der Waals surface area contributed by atoms with E-state index in [1.54, 1.807) is 6.26 Å².